The van der Waals surface area contributed by atoms with E-state index in [0.29, 0.717) is 5.56 Å². The molecule has 11 nitrogen and oxygen atoms in total. The molecule has 0 amide bonds. The first-order chi connectivity index (χ1) is 19.1. The molecule has 12 heteroatoms. The molecule has 0 spiro atoms. The molecule has 0 fully saturated rings. The second-order valence-corrected chi connectivity index (χ2v) is 8.67. The largest absolute Gasteiger partial charge is 2.00 e. The molecule has 0 aliphatic carbocycles. The number of aromatic hydroxyl groups is 1. The van der Waals surface area contributed by atoms with Gasteiger partial charge in [0, 0.05) is 28.0 Å². The van der Waals surface area contributed by atoms with Crippen LogP contribution < -0.4 is 32.4 Å². The molecule has 3 N–H and O–H groups in total. The van der Waals surface area contributed by atoms with Crippen molar-refractivity contribution < 1.29 is 42.0 Å². The Kier molecular flexibility index (Phi) is 9.56. The quantitative estimate of drug-likeness (QED) is 0.227. The van der Waals surface area contributed by atoms with Crippen LogP contribution in [-0.4, -0.2) is 39.8 Å². The second kappa shape index (κ2) is 12.9. The summed E-state index contributed by atoms with van der Waals surface area (Å²) >= 11 is 0. The maximum atomic E-state index is 12.3. The number of phenols is 1. The second-order valence-electron chi connectivity index (χ2n) is 8.67. The van der Waals surface area contributed by atoms with Gasteiger partial charge in [-0.25, -0.2) is 4.79 Å². The number of benzene rings is 3. The monoisotopic (exact) mass is 603 g/mol. The van der Waals surface area contributed by atoms with Crippen LogP contribution in [0.15, 0.2) is 102 Å². The summed E-state index contributed by atoms with van der Waals surface area (Å²) in [4.78, 5) is 77.1. The zero-order chi connectivity index (χ0) is 29.0. The van der Waals surface area contributed by atoms with Gasteiger partial charge in [0.05, 0.1) is 0 Å². The van der Waals surface area contributed by atoms with Gasteiger partial charge in [-0.3, -0.25) is 34.0 Å². The van der Waals surface area contributed by atoms with Crippen LogP contribution in [0.2, 0.25) is 0 Å². The van der Waals surface area contributed by atoms with E-state index in [1.165, 1.54) is 36.4 Å². The molecule has 5 rings (SSSR count). The van der Waals surface area contributed by atoms with Crippen LogP contribution in [0.3, 0.4) is 0 Å². The van der Waals surface area contributed by atoms with E-state index < -0.39 is 46.2 Å². The van der Waals surface area contributed by atoms with Crippen molar-refractivity contribution in [1.82, 2.24) is 0 Å². The standard InChI is InChI=1S/C18H13NO5.C11H7NO4.Cu/c20-11-7-5-10(6-8-11)9-14(18(23)24)19-15-16(21)12-3-1-2-4-13(12)17(15)22;13-8(14)5-12-9-10(15)6-3-1-2-4-7(6)11(9)16;/h1-8,14,20H,9H2,(H,23,24);1-4H,5H2,(H,13,14);/q;;+2. The van der Waals surface area contributed by atoms with E-state index in [2.05, 4.69) is 9.98 Å². The fraction of sp³-hybridized carbons (Fsp3) is 0.103. The Morgan fingerprint density at radius 1 is 0.659 bits per heavy atom. The number of hydrogen-bond acceptors (Lipinski definition) is 9. The average Bonchev–Trinajstić information content (AvgIpc) is 3.33. The fourth-order valence-electron chi connectivity index (χ4n) is 4.08. The van der Waals surface area contributed by atoms with Crippen molar-refractivity contribution in [1.29, 1.82) is 0 Å². The number of carboxylic acids is 2. The summed E-state index contributed by atoms with van der Waals surface area (Å²) in [7, 11) is 0. The third-order valence-corrected chi connectivity index (χ3v) is 6.00. The van der Waals surface area contributed by atoms with Crippen molar-refractivity contribution in [3.63, 3.8) is 0 Å². The van der Waals surface area contributed by atoms with Crippen LogP contribution in [0.1, 0.15) is 5.56 Å². The molecule has 1 unspecified atom stereocenters. The van der Waals surface area contributed by atoms with Crippen LogP contribution >= 0.6 is 0 Å². The van der Waals surface area contributed by atoms with E-state index >= 15 is 0 Å². The Morgan fingerprint density at radius 3 is 1.46 bits per heavy atom. The molecule has 0 aromatic heterocycles. The number of carbonyl (C=O) groups is 2. The normalized spacial score (nSPS) is 11.2. The first kappa shape index (κ1) is 30.5. The number of aliphatic carboxylic acids is 2. The molecular formula is C29H20CuN2O9+2. The minimum absolute atomic E-state index is 0. The van der Waals surface area contributed by atoms with Gasteiger partial charge in [0.15, 0.2) is 16.8 Å². The van der Waals surface area contributed by atoms with E-state index in [9.17, 15) is 39.0 Å². The maximum absolute atomic E-state index is 12.3. The van der Waals surface area contributed by atoms with Gasteiger partial charge in [-0.05, 0) is 17.7 Å². The van der Waals surface area contributed by atoms with Gasteiger partial charge in [0.25, 0.3) is 0 Å². The van der Waals surface area contributed by atoms with Crippen molar-refractivity contribution in [3.8, 4) is 5.75 Å². The Balaban J connectivity index is 0.000000238. The predicted molar refractivity (Wildman–Crippen MR) is 145 cm³/mol. The smallest absolute Gasteiger partial charge is 0.508 e. The van der Waals surface area contributed by atoms with E-state index in [0.717, 1.165) is 0 Å². The van der Waals surface area contributed by atoms with Crippen molar-refractivity contribution in [2.75, 3.05) is 6.54 Å². The van der Waals surface area contributed by atoms with E-state index in [4.69, 9.17) is 5.11 Å². The topological polar surface area (TPSA) is 188 Å². The maximum Gasteiger partial charge on any atom is 2.00 e. The molecule has 0 aliphatic rings. The summed E-state index contributed by atoms with van der Waals surface area (Å²) in [5, 5.41) is 27.5. The zero-order valence-corrected chi connectivity index (χ0v) is 21.8. The molecule has 41 heavy (non-hydrogen) atoms. The molecule has 0 saturated heterocycles. The Hall–Kier alpha value is -5.06. The van der Waals surface area contributed by atoms with Crippen LogP contribution in [-0.2, 0) is 33.1 Å². The van der Waals surface area contributed by atoms with Gasteiger partial charge in [0.2, 0.25) is 21.7 Å². The van der Waals surface area contributed by atoms with Crippen LogP contribution in [0.4, 0.5) is 0 Å². The number of nitrogens with zero attached hydrogens (tertiary/aromatic N) is 2. The van der Waals surface area contributed by atoms with Crippen molar-refractivity contribution >= 4 is 33.5 Å². The van der Waals surface area contributed by atoms with E-state index in [1.807, 2.05) is 0 Å². The molecule has 0 heterocycles. The summed E-state index contributed by atoms with van der Waals surface area (Å²) in [6.07, 6.45) is 0.00994. The van der Waals surface area contributed by atoms with Crippen molar-refractivity contribution in [3.05, 3.63) is 130 Å². The van der Waals surface area contributed by atoms with E-state index in [-0.39, 0.29) is 61.5 Å². The molecule has 5 aromatic carbocycles. The van der Waals surface area contributed by atoms with Crippen LogP contribution in [0.5, 0.6) is 5.75 Å². The SMILES string of the molecule is O=C(O)C(Cc1ccc(O)cc1)N=c1c(=O)c2ccccc2c1=O.O=C(O)CN=c1c(=O)c2ccccc2c1=O.[Cu+2]. The van der Waals surface area contributed by atoms with Crippen molar-refractivity contribution in [2.45, 2.75) is 12.5 Å². The molecule has 0 aliphatic heterocycles. The minimum Gasteiger partial charge on any atom is -0.508 e. The molecule has 209 valence electrons. The molecular weight excluding hydrogens is 584 g/mol. The van der Waals surface area contributed by atoms with Gasteiger partial charge in [0.1, 0.15) is 12.3 Å². The Bertz CT molecular complexity index is 1970. The molecule has 1 radical (unpaired) electrons. The number of fused-ring (bicyclic) bond motifs is 2. The van der Waals surface area contributed by atoms with E-state index in [1.54, 1.807) is 36.4 Å². The summed E-state index contributed by atoms with van der Waals surface area (Å²) in [6.45, 7) is -0.569. The third kappa shape index (κ3) is 6.57. The van der Waals surface area contributed by atoms with Gasteiger partial charge in [-0.15, -0.1) is 0 Å². The molecule has 0 saturated carbocycles. The molecule has 1 atom stereocenters. The van der Waals surface area contributed by atoms with Crippen molar-refractivity contribution in [2.24, 2.45) is 9.98 Å². The van der Waals surface area contributed by atoms with Gasteiger partial charge in [-0.2, -0.15) is 0 Å². The predicted octanol–water partition coefficient (Wildman–Crippen LogP) is 0.157. The summed E-state index contributed by atoms with van der Waals surface area (Å²) in [5.41, 5.74) is -1.47. The number of phenolic OH excluding ortho intramolecular Hbond substituents is 1. The average molecular weight is 604 g/mol. The van der Waals surface area contributed by atoms with Gasteiger partial charge in [-0.1, -0.05) is 60.7 Å². The molecule has 0 bridgehead atoms. The molecule has 5 aromatic rings. The third-order valence-electron chi connectivity index (χ3n) is 6.00. The zero-order valence-electron chi connectivity index (χ0n) is 20.9. The first-order valence-electron chi connectivity index (χ1n) is 11.8. The van der Waals surface area contributed by atoms with Gasteiger partial charge < -0.3 is 15.3 Å². The minimum atomic E-state index is -1.26. The first-order valence-corrected chi connectivity index (χ1v) is 11.8. The Labute approximate surface area is 239 Å². The number of hydrogen-bond donors (Lipinski definition) is 3. The summed E-state index contributed by atoms with van der Waals surface area (Å²) < 4.78 is 0. The van der Waals surface area contributed by atoms with Crippen LogP contribution in [0.25, 0.3) is 21.5 Å². The summed E-state index contributed by atoms with van der Waals surface area (Å²) in [5.74, 6) is -2.34. The summed E-state index contributed by atoms with van der Waals surface area (Å²) in [6, 6.07) is 17.4. The number of rotatable bonds is 6. The number of carboxylic acid groups (broad SMARTS) is 2. The van der Waals surface area contributed by atoms with Gasteiger partial charge >= 0.3 is 29.0 Å². The van der Waals surface area contributed by atoms with Crippen LogP contribution in [0, 0.1) is 0 Å². The Morgan fingerprint density at radius 2 is 1.07 bits per heavy atom. The fourth-order valence-corrected chi connectivity index (χ4v) is 4.08.